The van der Waals surface area contributed by atoms with E-state index in [4.69, 9.17) is 23.2 Å². The highest BCUT2D eigenvalue weighted by Crippen LogP contribution is 2.35. The van der Waals surface area contributed by atoms with E-state index in [1.54, 1.807) is 12.1 Å². The third kappa shape index (κ3) is 3.40. The molecule has 2 aromatic rings. The molecular weight excluding hydrogens is 304 g/mol. The summed E-state index contributed by atoms with van der Waals surface area (Å²) in [4.78, 5) is 11.8. The molecule has 6 heteroatoms. The molecule has 0 radical (unpaired) electrons. The van der Waals surface area contributed by atoms with Gasteiger partial charge in [0.05, 0.1) is 17.1 Å². The van der Waals surface area contributed by atoms with Gasteiger partial charge in [-0.25, -0.2) is 4.39 Å². The number of phenols is 1. The minimum Gasteiger partial charge on any atom is -0.504 e. The second-order valence-corrected chi connectivity index (χ2v) is 4.94. The van der Waals surface area contributed by atoms with Gasteiger partial charge in [0.15, 0.2) is 5.75 Å². The Labute approximate surface area is 124 Å². The average Bonchev–Trinajstić information content (AvgIpc) is 2.38. The van der Waals surface area contributed by atoms with Crippen LogP contribution in [0.5, 0.6) is 5.75 Å². The molecule has 0 heterocycles. The summed E-state index contributed by atoms with van der Waals surface area (Å²) in [5.74, 6) is -1.22. The van der Waals surface area contributed by atoms with Gasteiger partial charge in [-0.1, -0.05) is 41.4 Å². The molecule has 0 aliphatic carbocycles. The Balaban J connectivity index is 2.15. The van der Waals surface area contributed by atoms with Gasteiger partial charge < -0.3 is 10.4 Å². The van der Waals surface area contributed by atoms with Crippen LogP contribution in [0.25, 0.3) is 0 Å². The smallest absolute Gasteiger partial charge is 0.229 e. The Bertz CT molecular complexity index is 662. The van der Waals surface area contributed by atoms with E-state index in [1.807, 2.05) is 0 Å². The van der Waals surface area contributed by atoms with Crippen molar-refractivity contribution in [2.75, 3.05) is 5.32 Å². The molecule has 0 aliphatic rings. The van der Waals surface area contributed by atoms with Crippen LogP contribution in [-0.2, 0) is 11.2 Å². The number of carbonyl (C=O) groups is 1. The normalized spacial score (nSPS) is 10.3. The van der Waals surface area contributed by atoms with E-state index in [2.05, 4.69) is 5.32 Å². The highest BCUT2D eigenvalue weighted by atomic mass is 35.5. The molecule has 0 atom stereocenters. The van der Waals surface area contributed by atoms with Crippen molar-refractivity contribution in [3.8, 4) is 5.75 Å². The predicted octanol–water partition coefficient (Wildman–Crippen LogP) is 4.02. The number of carbonyl (C=O) groups excluding carboxylic acids is 1. The van der Waals surface area contributed by atoms with Crippen molar-refractivity contribution >= 4 is 34.8 Å². The first-order chi connectivity index (χ1) is 9.47. The standard InChI is InChI=1S/C14H10Cl2FNO2/c15-9-6-10(16)14(20)12(7-9)18-13(19)5-8-3-1-2-4-11(8)17/h1-4,6-7,20H,5H2,(H,18,19). The molecule has 104 valence electrons. The van der Waals surface area contributed by atoms with Crippen molar-refractivity contribution in [1.29, 1.82) is 0 Å². The van der Waals surface area contributed by atoms with Gasteiger partial charge in [-0.3, -0.25) is 4.79 Å². The molecule has 0 aromatic heterocycles. The number of nitrogens with one attached hydrogen (secondary N) is 1. The minimum atomic E-state index is -0.483. The van der Waals surface area contributed by atoms with Crippen LogP contribution in [0.4, 0.5) is 10.1 Å². The van der Waals surface area contributed by atoms with E-state index in [0.717, 1.165) is 0 Å². The predicted molar refractivity (Wildman–Crippen MR) is 76.9 cm³/mol. The number of halogens is 3. The summed E-state index contributed by atoms with van der Waals surface area (Å²) in [5.41, 5.74) is 0.349. The van der Waals surface area contributed by atoms with Crippen LogP contribution in [0.1, 0.15) is 5.56 Å². The monoisotopic (exact) mass is 313 g/mol. The first-order valence-corrected chi connectivity index (χ1v) is 6.44. The van der Waals surface area contributed by atoms with E-state index in [1.165, 1.54) is 24.3 Å². The summed E-state index contributed by atoms with van der Waals surface area (Å²) < 4.78 is 13.4. The summed E-state index contributed by atoms with van der Waals surface area (Å²) in [5, 5.41) is 12.5. The van der Waals surface area contributed by atoms with Crippen LogP contribution >= 0.6 is 23.2 Å². The second kappa shape index (κ2) is 6.11. The lowest BCUT2D eigenvalue weighted by Gasteiger charge is -2.09. The van der Waals surface area contributed by atoms with Gasteiger partial charge in [0.1, 0.15) is 5.82 Å². The summed E-state index contributed by atoms with van der Waals surface area (Å²) in [6, 6.07) is 8.68. The van der Waals surface area contributed by atoms with Gasteiger partial charge in [-0.15, -0.1) is 0 Å². The third-order valence-corrected chi connectivity index (χ3v) is 3.12. The van der Waals surface area contributed by atoms with Crippen molar-refractivity contribution in [3.05, 3.63) is 57.8 Å². The number of hydrogen-bond donors (Lipinski definition) is 2. The molecule has 0 fully saturated rings. The second-order valence-electron chi connectivity index (χ2n) is 4.10. The highest BCUT2D eigenvalue weighted by molar-refractivity contribution is 6.36. The zero-order chi connectivity index (χ0) is 14.7. The maximum absolute atomic E-state index is 13.4. The maximum Gasteiger partial charge on any atom is 0.229 e. The van der Waals surface area contributed by atoms with Gasteiger partial charge in [-0.2, -0.15) is 0 Å². The van der Waals surface area contributed by atoms with Crippen LogP contribution in [0, 0.1) is 5.82 Å². The lowest BCUT2D eigenvalue weighted by Crippen LogP contribution is -2.15. The lowest BCUT2D eigenvalue weighted by molar-refractivity contribution is -0.115. The van der Waals surface area contributed by atoms with Crippen LogP contribution in [0.15, 0.2) is 36.4 Å². The Morgan fingerprint density at radius 3 is 2.65 bits per heavy atom. The van der Waals surface area contributed by atoms with Crippen LogP contribution in [0.3, 0.4) is 0 Å². The molecule has 0 spiro atoms. The van der Waals surface area contributed by atoms with E-state index in [0.29, 0.717) is 0 Å². The van der Waals surface area contributed by atoms with Crippen molar-refractivity contribution in [1.82, 2.24) is 0 Å². The first kappa shape index (κ1) is 14.6. The number of rotatable bonds is 3. The molecular formula is C14H10Cl2FNO2. The van der Waals surface area contributed by atoms with Gasteiger partial charge in [0.2, 0.25) is 5.91 Å². The first-order valence-electron chi connectivity index (χ1n) is 5.68. The molecule has 1 amide bonds. The van der Waals surface area contributed by atoms with E-state index in [9.17, 15) is 14.3 Å². The quantitative estimate of drug-likeness (QED) is 0.841. The van der Waals surface area contributed by atoms with Crippen LogP contribution < -0.4 is 5.32 Å². The molecule has 0 saturated heterocycles. The maximum atomic E-state index is 13.4. The zero-order valence-corrected chi connectivity index (χ0v) is 11.7. The van der Waals surface area contributed by atoms with Crippen LogP contribution in [0.2, 0.25) is 10.0 Å². The number of benzene rings is 2. The molecule has 0 aliphatic heterocycles. The van der Waals surface area contributed by atoms with Gasteiger partial charge in [0.25, 0.3) is 0 Å². The molecule has 2 N–H and O–H groups in total. The Morgan fingerprint density at radius 2 is 1.95 bits per heavy atom. The van der Waals surface area contributed by atoms with Gasteiger partial charge in [0, 0.05) is 5.02 Å². The van der Waals surface area contributed by atoms with E-state index in [-0.39, 0.29) is 33.5 Å². The molecule has 0 unspecified atom stereocenters. The summed E-state index contributed by atoms with van der Waals surface area (Å²) >= 11 is 11.5. The van der Waals surface area contributed by atoms with Crippen molar-refractivity contribution in [3.63, 3.8) is 0 Å². The molecule has 2 aromatic carbocycles. The molecule has 3 nitrogen and oxygen atoms in total. The topological polar surface area (TPSA) is 49.3 Å². The Kier molecular flexibility index (Phi) is 4.47. The Hall–Kier alpha value is -1.78. The van der Waals surface area contributed by atoms with Gasteiger partial charge in [-0.05, 0) is 23.8 Å². The fourth-order valence-electron chi connectivity index (χ4n) is 1.67. The van der Waals surface area contributed by atoms with Crippen molar-refractivity contribution in [2.45, 2.75) is 6.42 Å². The summed E-state index contributed by atoms with van der Waals surface area (Å²) in [7, 11) is 0. The molecule has 0 bridgehead atoms. The number of phenolic OH excluding ortho intramolecular Hbond substituents is 1. The number of amides is 1. The van der Waals surface area contributed by atoms with E-state index < -0.39 is 11.7 Å². The number of aromatic hydroxyl groups is 1. The number of anilines is 1. The Morgan fingerprint density at radius 1 is 1.25 bits per heavy atom. The molecule has 0 saturated carbocycles. The molecule has 20 heavy (non-hydrogen) atoms. The molecule has 2 rings (SSSR count). The van der Waals surface area contributed by atoms with Gasteiger partial charge >= 0.3 is 0 Å². The fourth-order valence-corrected chi connectivity index (χ4v) is 2.16. The summed E-state index contributed by atoms with van der Waals surface area (Å²) in [6.07, 6.45) is -0.157. The lowest BCUT2D eigenvalue weighted by atomic mass is 10.1. The van der Waals surface area contributed by atoms with Crippen LogP contribution in [-0.4, -0.2) is 11.0 Å². The third-order valence-electron chi connectivity index (χ3n) is 2.61. The average molecular weight is 314 g/mol. The van der Waals surface area contributed by atoms with Crippen molar-refractivity contribution in [2.24, 2.45) is 0 Å². The minimum absolute atomic E-state index is 0.0266. The largest absolute Gasteiger partial charge is 0.504 e. The highest BCUT2D eigenvalue weighted by Gasteiger charge is 2.12. The van der Waals surface area contributed by atoms with E-state index >= 15 is 0 Å². The SMILES string of the molecule is O=C(Cc1ccccc1F)Nc1cc(Cl)cc(Cl)c1O. The number of hydrogen-bond acceptors (Lipinski definition) is 2. The fraction of sp³-hybridized carbons (Fsp3) is 0.0714. The zero-order valence-electron chi connectivity index (χ0n) is 10.2. The summed E-state index contributed by atoms with van der Waals surface area (Å²) in [6.45, 7) is 0. The van der Waals surface area contributed by atoms with Crippen molar-refractivity contribution < 1.29 is 14.3 Å².